The van der Waals surface area contributed by atoms with E-state index in [0.717, 1.165) is 16.5 Å². The van der Waals surface area contributed by atoms with Gasteiger partial charge in [0.2, 0.25) is 0 Å². The molecular formula is C15H15BN2O3. The Labute approximate surface area is 122 Å². The summed E-state index contributed by atoms with van der Waals surface area (Å²) in [7, 11) is -1.45. The lowest BCUT2D eigenvalue weighted by Gasteiger charge is -2.08. The van der Waals surface area contributed by atoms with E-state index in [-0.39, 0.29) is 0 Å². The maximum Gasteiger partial charge on any atom is 0.488 e. The predicted octanol–water partition coefficient (Wildman–Crippen LogP) is 0.795. The summed E-state index contributed by atoms with van der Waals surface area (Å²) in [6.45, 7) is 1.24. The Morgan fingerprint density at radius 3 is 2.67 bits per heavy atom. The fourth-order valence-electron chi connectivity index (χ4n) is 2.18. The minimum absolute atomic E-state index is 0.481. The molecule has 0 radical (unpaired) electrons. The summed E-state index contributed by atoms with van der Waals surface area (Å²) in [5.74, 6) is 0.784. The van der Waals surface area contributed by atoms with E-state index in [1.54, 1.807) is 18.3 Å². The van der Waals surface area contributed by atoms with Crippen molar-refractivity contribution in [1.29, 1.82) is 0 Å². The topological polar surface area (TPSA) is 67.5 Å². The number of hydrogen-bond donors (Lipinski definition) is 2. The van der Waals surface area contributed by atoms with E-state index >= 15 is 0 Å². The Balaban J connectivity index is 1.70. The Hall–Kier alpha value is -2.31. The van der Waals surface area contributed by atoms with Crippen molar-refractivity contribution in [2.24, 2.45) is 0 Å². The molecule has 21 heavy (non-hydrogen) atoms. The first-order valence-corrected chi connectivity index (χ1v) is 6.72. The summed E-state index contributed by atoms with van der Waals surface area (Å²) < 4.78 is 7.52. The van der Waals surface area contributed by atoms with Crippen LogP contribution in [-0.4, -0.2) is 33.6 Å². The van der Waals surface area contributed by atoms with Crippen LogP contribution in [-0.2, 0) is 6.54 Å². The zero-order chi connectivity index (χ0) is 14.7. The predicted molar refractivity (Wildman–Crippen MR) is 81.5 cm³/mol. The molecule has 0 atom stereocenters. The lowest BCUT2D eigenvalue weighted by atomic mass is 9.79. The highest BCUT2D eigenvalue weighted by Crippen LogP contribution is 2.20. The van der Waals surface area contributed by atoms with Crippen LogP contribution in [0.15, 0.2) is 54.9 Å². The van der Waals surface area contributed by atoms with Gasteiger partial charge in [0.1, 0.15) is 12.4 Å². The molecule has 5 nitrogen and oxygen atoms in total. The Morgan fingerprint density at radius 1 is 1.10 bits per heavy atom. The van der Waals surface area contributed by atoms with Crippen LogP contribution in [0.5, 0.6) is 5.75 Å². The number of aromatic nitrogens is 2. The third-order valence-corrected chi connectivity index (χ3v) is 3.28. The van der Waals surface area contributed by atoms with E-state index < -0.39 is 7.12 Å². The second kappa shape index (κ2) is 5.99. The van der Waals surface area contributed by atoms with Crippen LogP contribution in [0.2, 0.25) is 0 Å². The van der Waals surface area contributed by atoms with Crippen molar-refractivity contribution in [2.75, 3.05) is 6.61 Å². The van der Waals surface area contributed by atoms with E-state index in [9.17, 15) is 0 Å². The maximum atomic E-state index is 9.17. The van der Waals surface area contributed by atoms with Gasteiger partial charge in [0.25, 0.3) is 0 Å². The van der Waals surface area contributed by atoms with Gasteiger partial charge >= 0.3 is 7.12 Å². The molecule has 2 N–H and O–H groups in total. The standard InChI is InChI=1S/C15H15BN2O3/c19-16(20)14-4-2-13-11-15(5-3-12(13)10-14)21-9-8-18-7-1-6-17-18/h1-7,10-11,19-20H,8-9H2. The molecule has 6 heteroatoms. The molecule has 106 valence electrons. The normalized spacial score (nSPS) is 10.8. The zero-order valence-corrected chi connectivity index (χ0v) is 11.4. The number of nitrogens with zero attached hydrogens (tertiary/aromatic N) is 2. The van der Waals surface area contributed by atoms with Gasteiger partial charge in [-0.2, -0.15) is 5.10 Å². The van der Waals surface area contributed by atoms with Crippen molar-refractivity contribution < 1.29 is 14.8 Å². The fraction of sp³-hybridized carbons (Fsp3) is 0.133. The molecule has 3 rings (SSSR count). The SMILES string of the molecule is OB(O)c1ccc2cc(OCCn3cccn3)ccc2c1. The summed E-state index contributed by atoms with van der Waals surface area (Å²) >= 11 is 0. The molecule has 1 aromatic heterocycles. The monoisotopic (exact) mass is 282 g/mol. The first-order chi connectivity index (χ1) is 10.2. The first kappa shape index (κ1) is 13.7. The van der Waals surface area contributed by atoms with Crippen molar-refractivity contribution in [2.45, 2.75) is 6.54 Å². The molecule has 0 bridgehead atoms. The summed E-state index contributed by atoms with van der Waals surface area (Å²) in [6, 6.07) is 12.9. The van der Waals surface area contributed by atoms with Crippen molar-refractivity contribution in [3.63, 3.8) is 0 Å². The van der Waals surface area contributed by atoms with Gasteiger partial charge in [-0.25, -0.2) is 0 Å². The fourth-order valence-corrected chi connectivity index (χ4v) is 2.18. The zero-order valence-electron chi connectivity index (χ0n) is 11.4. The van der Waals surface area contributed by atoms with E-state index in [1.807, 2.05) is 41.2 Å². The lowest BCUT2D eigenvalue weighted by molar-refractivity contribution is 0.291. The second-order valence-electron chi connectivity index (χ2n) is 4.76. The molecule has 0 aliphatic heterocycles. The smallest absolute Gasteiger partial charge is 0.488 e. The number of hydrogen-bond acceptors (Lipinski definition) is 4. The van der Waals surface area contributed by atoms with Gasteiger partial charge in [-0.1, -0.05) is 24.3 Å². The number of fused-ring (bicyclic) bond motifs is 1. The third kappa shape index (κ3) is 3.24. The Bertz CT molecular complexity index is 729. The summed E-state index contributed by atoms with van der Waals surface area (Å²) in [4.78, 5) is 0. The Morgan fingerprint density at radius 2 is 1.90 bits per heavy atom. The molecule has 1 heterocycles. The molecule has 2 aromatic carbocycles. The van der Waals surface area contributed by atoms with Crippen LogP contribution in [0.4, 0.5) is 0 Å². The first-order valence-electron chi connectivity index (χ1n) is 6.72. The minimum Gasteiger partial charge on any atom is -0.492 e. The van der Waals surface area contributed by atoms with Gasteiger partial charge in [0, 0.05) is 12.4 Å². The van der Waals surface area contributed by atoms with Gasteiger partial charge in [-0.05, 0) is 34.4 Å². The molecule has 0 aliphatic carbocycles. The number of ether oxygens (including phenoxy) is 1. The summed E-state index contributed by atoms with van der Waals surface area (Å²) in [5.41, 5.74) is 0.481. The van der Waals surface area contributed by atoms with Gasteiger partial charge in [0.05, 0.1) is 6.54 Å². The van der Waals surface area contributed by atoms with E-state index in [4.69, 9.17) is 14.8 Å². The Kier molecular flexibility index (Phi) is 3.90. The van der Waals surface area contributed by atoms with Gasteiger partial charge in [-0.3, -0.25) is 4.68 Å². The van der Waals surface area contributed by atoms with Crippen molar-refractivity contribution in [3.8, 4) is 5.75 Å². The number of benzene rings is 2. The molecule has 0 saturated carbocycles. The molecule has 0 aliphatic rings. The largest absolute Gasteiger partial charge is 0.492 e. The van der Waals surface area contributed by atoms with Crippen LogP contribution in [0.3, 0.4) is 0 Å². The molecule has 0 spiro atoms. The highest BCUT2D eigenvalue weighted by atomic mass is 16.5. The maximum absolute atomic E-state index is 9.17. The van der Waals surface area contributed by atoms with Crippen LogP contribution in [0.25, 0.3) is 10.8 Å². The van der Waals surface area contributed by atoms with Gasteiger partial charge in [-0.15, -0.1) is 0 Å². The summed E-state index contributed by atoms with van der Waals surface area (Å²) in [5, 5.41) is 24.4. The molecule has 0 unspecified atom stereocenters. The minimum atomic E-state index is -1.45. The van der Waals surface area contributed by atoms with E-state index in [0.29, 0.717) is 18.6 Å². The van der Waals surface area contributed by atoms with Crippen LogP contribution in [0, 0.1) is 0 Å². The van der Waals surface area contributed by atoms with Gasteiger partial charge in [0.15, 0.2) is 0 Å². The third-order valence-electron chi connectivity index (χ3n) is 3.28. The molecule has 0 amide bonds. The van der Waals surface area contributed by atoms with Crippen molar-refractivity contribution in [3.05, 3.63) is 54.9 Å². The highest BCUT2D eigenvalue weighted by molar-refractivity contribution is 6.58. The number of rotatable bonds is 5. The molecular weight excluding hydrogens is 267 g/mol. The lowest BCUT2D eigenvalue weighted by Crippen LogP contribution is -2.29. The van der Waals surface area contributed by atoms with E-state index in [2.05, 4.69) is 5.10 Å². The van der Waals surface area contributed by atoms with Crippen molar-refractivity contribution >= 4 is 23.4 Å². The van der Waals surface area contributed by atoms with Crippen LogP contribution >= 0.6 is 0 Å². The quantitative estimate of drug-likeness (QED) is 0.679. The van der Waals surface area contributed by atoms with Crippen LogP contribution in [0.1, 0.15) is 0 Å². The van der Waals surface area contributed by atoms with E-state index in [1.165, 1.54) is 0 Å². The molecule has 0 fully saturated rings. The van der Waals surface area contributed by atoms with Gasteiger partial charge < -0.3 is 14.8 Å². The molecule has 3 aromatic rings. The van der Waals surface area contributed by atoms with Crippen molar-refractivity contribution in [1.82, 2.24) is 9.78 Å². The average Bonchev–Trinajstić information content (AvgIpc) is 3.00. The average molecular weight is 282 g/mol. The second-order valence-corrected chi connectivity index (χ2v) is 4.76. The molecule has 0 saturated heterocycles. The summed E-state index contributed by atoms with van der Waals surface area (Å²) in [6.07, 6.45) is 3.63. The highest BCUT2D eigenvalue weighted by Gasteiger charge is 2.10. The van der Waals surface area contributed by atoms with Crippen LogP contribution < -0.4 is 10.2 Å².